The minimum atomic E-state index is 0.0108. The van der Waals surface area contributed by atoms with Crippen LogP contribution >= 0.6 is 0 Å². The van der Waals surface area contributed by atoms with E-state index in [9.17, 15) is 4.79 Å². The van der Waals surface area contributed by atoms with Gasteiger partial charge in [-0.25, -0.2) is 0 Å². The van der Waals surface area contributed by atoms with E-state index >= 15 is 0 Å². The van der Waals surface area contributed by atoms with Gasteiger partial charge in [-0.1, -0.05) is 12.1 Å². The lowest BCUT2D eigenvalue weighted by atomic mass is 10.2. The van der Waals surface area contributed by atoms with E-state index in [4.69, 9.17) is 6.92 Å². The van der Waals surface area contributed by atoms with Crippen LogP contribution in [0.2, 0.25) is 0 Å². The molecule has 14 heavy (non-hydrogen) atoms. The lowest BCUT2D eigenvalue weighted by Crippen LogP contribution is -2.01. The fraction of sp³-hybridized carbons (Fsp3) is 0. The topological polar surface area (TPSA) is 22.0 Å². The summed E-state index contributed by atoms with van der Waals surface area (Å²) in [6.07, 6.45) is 3.46. The maximum Gasteiger partial charge on any atom is 0.181 e. The Hall–Kier alpha value is -1.83. The van der Waals surface area contributed by atoms with Gasteiger partial charge in [-0.3, -0.25) is 4.79 Å². The molecule has 2 nitrogen and oxygen atoms in total. The summed E-state index contributed by atoms with van der Waals surface area (Å²) in [5.74, 6) is 0. The van der Waals surface area contributed by atoms with Gasteiger partial charge in [-0.15, -0.1) is 0 Å². The summed E-state index contributed by atoms with van der Waals surface area (Å²) in [4.78, 5) is 10.9. The summed E-state index contributed by atoms with van der Waals surface area (Å²) in [5.41, 5.74) is 1.73. The SMILES string of the molecule is [CH]c1ccc(-n2ccc(=O)cc2)cc1. The molecule has 0 bridgehead atoms. The summed E-state index contributed by atoms with van der Waals surface area (Å²) in [6, 6.07) is 10.5. The summed E-state index contributed by atoms with van der Waals surface area (Å²) in [6.45, 7) is 5.57. The maximum atomic E-state index is 10.9. The zero-order valence-electron chi connectivity index (χ0n) is 7.55. The van der Waals surface area contributed by atoms with Crippen molar-refractivity contribution in [3.05, 3.63) is 71.5 Å². The molecule has 0 spiro atoms. The van der Waals surface area contributed by atoms with E-state index in [-0.39, 0.29) is 5.43 Å². The van der Waals surface area contributed by atoms with Crippen molar-refractivity contribution in [2.24, 2.45) is 0 Å². The molecule has 1 heterocycles. The third-order valence-electron chi connectivity index (χ3n) is 1.99. The molecule has 2 heteroatoms. The summed E-state index contributed by atoms with van der Waals surface area (Å²) >= 11 is 0. The van der Waals surface area contributed by atoms with Gasteiger partial charge < -0.3 is 4.57 Å². The van der Waals surface area contributed by atoms with Crippen molar-refractivity contribution in [3.8, 4) is 5.69 Å². The molecule has 1 aromatic carbocycles. The number of hydrogen-bond acceptors (Lipinski definition) is 1. The van der Waals surface area contributed by atoms with Crippen LogP contribution in [0, 0.1) is 6.92 Å². The Bertz CT molecular complexity index is 462. The Balaban J connectivity index is 2.44. The van der Waals surface area contributed by atoms with Gasteiger partial charge in [-0.05, 0) is 24.6 Å². The largest absolute Gasteiger partial charge is 0.324 e. The number of nitrogens with zero attached hydrogens (tertiary/aromatic N) is 1. The second kappa shape index (κ2) is 3.50. The van der Waals surface area contributed by atoms with E-state index in [1.165, 1.54) is 12.1 Å². The molecular weight excluding hydrogens is 174 g/mol. The number of hydrogen-bond donors (Lipinski definition) is 0. The van der Waals surface area contributed by atoms with Crippen LogP contribution in [0.5, 0.6) is 0 Å². The Morgan fingerprint density at radius 1 is 0.929 bits per heavy atom. The molecule has 0 amide bonds. The van der Waals surface area contributed by atoms with Crippen LogP contribution in [0.15, 0.2) is 53.6 Å². The van der Waals surface area contributed by atoms with E-state index in [0.717, 1.165) is 11.3 Å². The predicted octanol–water partition coefficient (Wildman–Crippen LogP) is 1.90. The highest BCUT2D eigenvalue weighted by atomic mass is 16.1. The predicted molar refractivity (Wildman–Crippen MR) is 55.4 cm³/mol. The molecule has 0 N–H and O–H groups in total. The fourth-order valence-electron chi connectivity index (χ4n) is 1.23. The van der Waals surface area contributed by atoms with E-state index in [1.807, 2.05) is 28.8 Å². The van der Waals surface area contributed by atoms with E-state index in [1.54, 1.807) is 12.4 Å². The van der Waals surface area contributed by atoms with Gasteiger partial charge in [0.25, 0.3) is 0 Å². The Labute approximate surface area is 82.4 Å². The Morgan fingerprint density at radius 3 is 2.07 bits per heavy atom. The second-order valence-corrected chi connectivity index (χ2v) is 3.03. The van der Waals surface area contributed by atoms with Crippen molar-refractivity contribution in [1.29, 1.82) is 0 Å². The molecule has 0 fully saturated rings. The molecule has 0 saturated carbocycles. The molecule has 0 atom stereocenters. The van der Waals surface area contributed by atoms with Crippen molar-refractivity contribution in [1.82, 2.24) is 4.57 Å². The van der Waals surface area contributed by atoms with Gasteiger partial charge in [0.2, 0.25) is 0 Å². The lowest BCUT2D eigenvalue weighted by Gasteiger charge is -2.05. The van der Waals surface area contributed by atoms with Crippen LogP contribution in [-0.4, -0.2) is 4.57 Å². The first kappa shape index (κ1) is 8.75. The Kier molecular flexibility index (Phi) is 2.19. The van der Waals surface area contributed by atoms with Crippen LogP contribution in [0.1, 0.15) is 5.56 Å². The van der Waals surface area contributed by atoms with Gasteiger partial charge >= 0.3 is 0 Å². The Morgan fingerprint density at radius 2 is 1.50 bits per heavy atom. The first-order chi connectivity index (χ1) is 6.75. The zero-order valence-corrected chi connectivity index (χ0v) is 7.55. The molecule has 2 radical (unpaired) electrons. The van der Waals surface area contributed by atoms with Crippen molar-refractivity contribution >= 4 is 0 Å². The molecule has 0 aliphatic heterocycles. The highest BCUT2D eigenvalue weighted by Gasteiger charge is 1.92. The lowest BCUT2D eigenvalue weighted by molar-refractivity contribution is 1.04. The van der Waals surface area contributed by atoms with Crippen molar-refractivity contribution in [3.63, 3.8) is 0 Å². The summed E-state index contributed by atoms with van der Waals surface area (Å²) in [7, 11) is 0. The maximum absolute atomic E-state index is 10.9. The van der Waals surface area contributed by atoms with E-state index in [2.05, 4.69) is 0 Å². The molecule has 2 rings (SSSR count). The highest BCUT2D eigenvalue weighted by Crippen LogP contribution is 2.07. The minimum Gasteiger partial charge on any atom is -0.324 e. The van der Waals surface area contributed by atoms with Gasteiger partial charge in [-0.2, -0.15) is 0 Å². The normalized spacial score (nSPS) is 10.1. The number of pyridine rings is 1. The molecule has 1 aromatic heterocycles. The van der Waals surface area contributed by atoms with Crippen molar-refractivity contribution in [2.75, 3.05) is 0 Å². The average molecular weight is 183 g/mol. The van der Waals surface area contributed by atoms with Gasteiger partial charge in [0.05, 0.1) is 0 Å². The zero-order chi connectivity index (χ0) is 9.97. The van der Waals surface area contributed by atoms with E-state index in [0.29, 0.717) is 0 Å². The smallest absolute Gasteiger partial charge is 0.181 e. The molecule has 0 unspecified atom stereocenters. The van der Waals surface area contributed by atoms with Crippen molar-refractivity contribution in [2.45, 2.75) is 0 Å². The monoisotopic (exact) mass is 183 g/mol. The molecule has 0 aliphatic rings. The minimum absolute atomic E-state index is 0.0108. The van der Waals surface area contributed by atoms with Crippen molar-refractivity contribution < 1.29 is 0 Å². The van der Waals surface area contributed by atoms with Crippen LogP contribution < -0.4 is 5.43 Å². The molecule has 68 valence electrons. The molecule has 0 saturated heterocycles. The van der Waals surface area contributed by atoms with Crippen LogP contribution in [-0.2, 0) is 0 Å². The number of rotatable bonds is 1. The average Bonchev–Trinajstić information content (AvgIpc) is 2.21. The third kappa shape index (κ3) is 1.74. The van der Waals surface area contributed by atoms with Crippen LogP contribution in [0.3, 0.4) is 0 Å². The molecular formula is C12H9NO. The first-order valence-corrected chi connectivity index (χ1v) is 4.30. The highest BCUT2D eigenvalue weighted by molar-refractivity contribution is 5.35. The van der Waals surface area contributed by atoms with E-state index < -0.39 is 0 Å². The van der Waals surface area contributed by atoms with Crippen LogP contribution in [0.4, 0.5) is 0 Å². The fourth-order valence-corrected chi connectivity index (χ4v) is 1.23. The summed E-state index contributed by atoms with van der Waals surface area (Å²) < 4.78 is 1.86. The first-order valence-electron chi connectivity index (χ1n) is 4.30. The quantitative estimate of drug-likeness (QED) is 0.661. The van der Waals surface area contributed by atoms with Gasteiger partial charge in [0, 0.05) is 30.2 Å². The number of benzene rings is 1. The van der Waals surface area contributed by atoms with Gasteiger partial charge in [0.15, 0.2) is 5.43 Å². The summed E-state index contributed by atoms with van der Waals surface area (Å²) in [5, 5.41) is 0. The second-order valence-electron chi connectivity index (χ2n) is 3.03. The number of aromatic nitrogens is 1. The van der Waals surface area contributed by atoms with Crippen LogP contribution in [0.25, 0.3) is 5.69 Å². The standard InChI is InChI=1S/C12H9NO/c1-10-2-4-11(5-3-10)13-8-6-12(14)7-9-13/h1-9H. The molecule has 2 aromatic rings. The van der Waals surface area contributed by atoms with Gasteiger partial charge in [0.1, 0.15) is 0 Å². The molecule has 0 aliphatic carbocycles. The third-order valence-corrected chi connectivity index (χ3v) is 1.99.